The van der Waals surface area contributed by atoms with E-state index in [1.165, 1.54) is 0 Å². The minimum absolute atomic E-state index is 0.791. The van der Waals surface area contributed by atoms with Crippen LogP contribution in [-0.4, -0.2) is 16.5 Å². The molecular formula is C12H14BrN3S. The lowest BCUT2D eigenvalue weighted by Gasteiger charge is -2.06. The van der Waals surface area contributed by atoms with Crippen LogP contribution in [0.4, 0.5) is 5.82 Å². The molecule has 0 aliphatic carbocycles. The maximum atomic E-state index is 4.52. The number of rotatable bonds is 4. The smallest absolute Gasteiger partial charge is 0.171 e. The number of aryl methyl sites for hydroxylation is 1. The Balaban J connectivity index is 2.31. The van der Waals surface area contributed by atoms with Crippen molar-refractivity contribution in [3.05, 3.63) is 27.7 Å². The first-order valence-electron chi connectivity index (χ1n) is 5.54. The number of aromatic nitrogens is 2. The number of hydrogen-bond acceptors (Lipinski definition) is 4. The highest BCUT2D eigenvalue weighted by Crippen LogP contribution is 2.29. The summed E-state index contributed by atoms with van der Waals surface area (Å²) in [7, 11) is 0. The van der Waals surface area contributed by atoms with E-state index in [1.54, 1.807) is 11.3 Å². The van der Waals surface area contributed by atoms with Crippen LogP contribution < -0.4 is 5.32 Å². The molecule has 0 aromatic carbocycles. The fourth-order valence-electron chi connectivity index (χ4n) is 1.46. The molecule has 17 heavy (non-hydrogen) atoms. The van der Waals surface area contributed by atoms with E-state index in [4.69, 9.17) is 0 Å². The van der Waals surface area contributed by atoms with E-state index in [9.17, 15) is 0 Å². The molecular weight excluding hydrogens is 298 g/mol. The second-order valence-corrected chi connectivity index (χ2v) is 6.21. The van der Waals surface area contributed by atoms with Gasteiger partial charge in [0.25, 0.3) is 0 Å². The topological polar surface area (TPSA) is 37.8 Å². The van der Waals surface area contributed by atoms with Crippen molar-refractivity contribution in [2.45, 2.75) is 20.3 Å². The Bertz CT molecular complexity index is 510. The molecule has 90 valence electrons. The van der Waals surface area contributed by atoms with Crippen LogP contribution in [0.15, 0.2) is 22.0 Å². The Morgan fingerprint density at radius 2 is 2.18 bits per heavy atom. The van der Waals surface area contributed by atoms with Gasteiger partial charge in [-0.25, -0.2) is 9.97 Å². The van der Waals surface area contributed by atoms with E-state index in [1.807, 2.05) is 25.1 Å². The van der Waals surface area contributed by atoms with Crippen molar-refractivity contribution in [1.82, 2.24) is 9.97 Å². The predicted molar refractivity (Wildman–Crippen MR) is 76.6 cm³/mol. The maximum absolute atomic E-state index is 4.52. The molecule has 2 rings (SSSR count). The van der Waals surface area contributed by atoms with E-state index in [0.29, 0.717) is 0 Å². The molecule has 0 radical (unpaired) electrons. The number of nitrogens with one attached hydrogen (secondary N) is 1. The van der Waals surface area contributed by atoms with Crippen molar-refractivity contribution in [3.8, 4) is 10.7 Å². The minimum atomic E-state index is 0.791. The van der Waals surface area contributed by atoms with Gasteiger partial charge in [0.15, 0.2) is 5.82 Å². The molecule has 0 aliphatic rings. The van der Waals surface area contributed by atoms with Gasteiger partial charge < -0.3 is 5.32 Å². The van der Waals surface area contributed by atoms with Gasteiger partial charge in [-0.1, -0.05) is 6.92 Å². The lowest BCUT2D eigenvalue weighted by molar-refractivity contribution is 0.963. The van der Waals surface area contributed by atoms with Crippen LogP contribution in [0.1, 0.15) is 19.0 Å². The van der Waals surface area contributed by atoms with Crippen LogP contribution in [0, 0.1) is 6.92 Å². The third-order valence-corrected chi connectivity index (χ3v) is 3.82. The first-order valence-corrected chi connectivity index (χ1v) is 7.15. The number of hydrogen-bond donors (Lipinski definition) is 1. The molecule has 0 bridgehead atoms. The van der Waals surface area contributed by atoms with Crippen molar-refractivity contribution >= 4 is 33.1 Å². The Kier molecular flexibility index (Phi) is 4.12. The van der Waals surface area contributed by atoms with E-state index >= 15 is 0 Å². The van der Waals surface area contributed by atoms with Gasteiger partial charge in [-0.3, -0.25) is 0 Å². The van der Waals surface area contributed by atoms with Crippen LogP contribution in [0.25, 0.3) is 10.7 Å². The summed E-state index contributed by atoms with van der Waals surface area (Å²) in [5.41, 5.74) is 0.984. The lowest BCUT2D eigenvalue weighted by atomic mass is 10.3. The molecule has 0 aliphatic heterocycles. The van der Waals surface area contributed by atoms with Crippen molar-refractivity contribution in [1.29, 1.82) is 0 Å². The van der Waals surface area contributed by atoms with E-state index < -0.39 is 0 Å². The highest BCUT2D eigenvalue weighted by molar-refractivity contribution is 9.11. The van der Waals surface area contributed by atoms with E-state index in [2.05, 4.69) is 38.1 Å². The molecule has 0 spiro atoms. The summed E-state index contributed by atoms with van der Waals surface area (Å²) in [4.78, 5) is 10.1. The molecule has 0 amide bonds. The summed E-state index contributed by atoms with van der Waals surface area (Å²) < 4.78 is 1.10. The molecule has 0 saturated carbocycles. The summed E-state index contributed by atoms with van der Waals surface area (Å²) in [5.74, 6) is 1.69. The zero-order valence-corrected chi connectivity index (χ0v) is 12.2. The van der Waals surface area contributed by atoms with Crippen LogP contribution in [0.2, 0.25) is 0 Å². The third-order valence-electron chi connectivity index (χ3n) is 2.20. The van der Waals surface area contributed by atoms with Crippen molar-refractivity contribution in [2.24, 2.45) is 0 Å². The monoisotopic (exact) mass is 311 g/mol. The van der Waals surface area contributed by atoms with Gasteiger partial charge in [0.2, 0.25) is 0 Å². The predicted octanol–water partition coefficient (Wildman–Crippen LogP) is 4.10. The van der Waals surface area contributed by atoms with Crippen LogP contribution >= 0.6 is 27.3 Å². The van der Waals surface area contributed by atoms with Gasteiger partial charge in [-0.2, -0.15) is 0 Å². The Labute approximate surface area is 113 Å². The van der Waals surface area contributed by atoms with Crippen LogP contribution in [-0.2, 0) is 0 Å². The summed E-state index contributed by atoms with van der Waals surface area (Å²) >= 11 is 5.10. The zero-order valence-electron chi connectivity index (χ0n) is 9.83. The molecule has 5 heteroatoms. The van der Waals surface area contributed by atoms with Gasteiger partial charge in [0, 0.05) is 18.3 Å². The molecule has 2 aromatic heterocycles. The summed E-state index contributed by atoms with van der Waals surface area (Å²) in [5, 5.41) is 3.29. The van der Waals surface area contributed by atoms with Crippen molar-refractivity contribution in [3.63, 3.8) is 0 Å². The van der Waals surface area contributed by atoms with Crippen molar-refractivity contribution < 1.29 is 0 Å². The molecule has 1 N–H and O–H groups in total. The molecule has 0 fully saturated rings. The summed E-state index contributed by atoms with van der Waals surface area (Å²) in [6.07, 6.45) is 1.09. The van der Waals surface area contributed by atoms with E-state index in [-0.39, 0.29) is 0 Å². The van der Waals surface area contributed by atoms with E-state index in [0.717, 1.165) is 39.0 Å². The first-order chi connectivity index (χ1) is 8.19. The Morgan fingerprint density at radius 3 is 2.82 bits per heavy atom. The van der Waals surface area contributed by atoms with Gasteiger partial charge in [-0.15, -0.1) is 11.3 Å². The van der Waals surface area contributed by atoms with Crippen LogP contribution in [0.3, 0.4) is 0 Å². The van der Waals surface area contributed by atoms with Gasteiger partial charge >= 0.3 is 0 Å². The molecule has 0 saturated heterocycles. The summed E-state index contributed by atoms with van der Waals surface area (Å²) in [6.45, 7) is 5.06. The Hall–Kier alpha value is -0.940. The maximum Gasteiger partial charge on any atom is 0.171 e. The minimum Gasteiger partial charge on any atom is -0.370 e. The molecule has 2 aromatic rings. The van der Waals surface area contributed by atoms with Gasteiger partial charge in [0.05, 0.1) is 8.66 Å². The standard InChI is InChI=1S/C12H14BrN3S/c1-3-6-14-11-7-8(2)15-12(16-11)9-4-5-10(13)17-9/h4-5,7H,3,6H2,1-2H3,(H,14,15,16). The van der Waals surface area contributed by atoms with Crippen LogP contribution in [0.5, 0.6) is 0 Å². The average molecular weight is 312 g/mol. The average Bonchev–Trinajstić information content (AvgIpc) is 2.72. The molecule has 0 atom stereocenters. The number of halogens is 1. The number of thiophene rings is 1. The number of anilines is 1. The highest BCUT2D eigenvalue weighted by atomic mass is 79.9. The Morgan fingerprint density at radius 1 is 1.35 bits per heavy atom. The second-order valence-electron chi connectivity index (χ2n) is 3.75. The second kappa shape index (κ2) is 5.60. The molecule has 0 unspecified atom stereocenters. The lowest BCUT2D eigenvalue weighted by Crippen LogP contribution is -2.04. The third kappa shape index (κ3) is 3.26. The quantitative estimate of drug-likeness (QED) is 0.923. The highest BCUT2D eigenvalue weighted by Gasteiger charge is 2.07. The summed E-state index contributed by atoms with van der Waals surface area (Å²) in [6, 6.07) is 6.03. The normalized spacial score (nSPS) is 10.5. The first kappa shape index (κ1) is 12.5. The number of nitrogens with zero attached hydrogens (tertiary/aromatic N) is 2. The largest absolute Gasteiger partial charge is 0.370 e. The van der Waals surface area contributed by atoms with Gasteiger partial charge in [0.1, 0.15) is 5.82 Å². The zero-order chi connectivity index (χ0) is 12.3. The van der Waals surface area contributed by atoms with Gasteiger partial charge in [-0.05, 0) is 41.4 Å². The fraction of sp³-hybridized carbons (Fsp3) is 0.333. The molecule has 3 nitrogen and oxygen atoms in total. The van der Waals surface area contributed by atoms with Crippen molar-refractivity contribution in [2.75, 3.05) is 11.9 Å². The molecule has 2 heterocycles. The fourth-order valence-corrected chi connectivity index (χ4v) is 2.78. The SMILES string of the molecule is CCCNc1cc(C)nc(-c2ccc(Br)s2)n1.